The van der Waals surface area contributed by atoms with Gasteiger partial charge in [0.1, 0.15) is 0 Å². The van der Waals surface area contributed by atoms with Gasteiger partial charge in [0.05, 0.1) is 5.52 Å². The largest absolute Gasteiger partial charge is 0.256 e. The van der Waals surface area contributed by atoms with E-state index in [1.807, 2.05) is 48.5 Å². The molecule has 2 aromatic heterocycles. The lowest BCUT2D eigenvalue weighted by molar-refractivity contribution is 1.07. The minimum Gasteiger partial charge on any atom is -0.256 e. The first-order valence-electron chi connectivity index (χ1n) is 14.6. The molecule has 0 saturated carbocycles. The van der Waals surface area contributed by atoms with Crippen LogP contribution in [0.2, 0.25) is 0 Å². The van der Waals surface area contributed by atoms with Crippen LogP contribution in [0.3, 0.4) is 0 Å². The maximum absolute atomic E-state index is 4.96. The average Bonchev–Trinajstić information content (AvgIpc) is 3.11. The lowest BCUT2D eigenvalue weighted by atomic mass is 9.92. The third-order valence-electron chi connectivity index (χ3n) is 7.99. The summed E-state index contributed by atoms with van der Waals surface area (Å²) in [5.41, 5.74) is 8.53. The number of fused-ring (bicyclic) bond motifs is 2. The number of nitrogens with zero attached hydrogens (tertiary/aromatic N) is 4. The Morgan fingerprint density at radius 1 is 0.341 bits per heavy atom. The van der Waals surface area contributed by atoms with Crippen LogP contribution in [0.4, 0.5) is 0 Å². The van der Waals surface area contributed by atoms with Crippen LogP contribution in [-0.4, -0.2) is 19.9 Å². The van der Waals surface area contributed by atoms with Gasteiger partial charge in [-0.3, -0.25) is 4.98 Å². The van der Waals surface area contributed by atoms with E-state index in [0.717, 1.165) is 33.2 Å². The Morgan fingerprint density at radius 2 is 0.818 bits per heavy atom. The molecule has 0 spiro atoms. The number of pyridine rings is 1. The molecule has 0 aliphatic rings. The third-order valence-corrected chi connectivity index (χ3v) is 7.99. The van der Waals surface area contributed by atoms with Gasteiger partial charge in [0, 0.05) is 28.3 Å². The van der Waals surface area contributed by atoms with Crippen molar-refractivity contribution in [1.82, 2.24) is 19.9 Å². The van der Waals surface area contributed by atoms with Crippen molar-refractivity contribution in [3.8, 4) is 56.4 Å². The molecule has 44 heavy (non-hydrogen) atoms. The Kier molecular flexibility index (Phi) is 6.43. The Hall–Kier alpha value is -6.00. The molecule has 0 fully saturated rings. The zero-order chi connectivity index (χ0) is 29.3. The molecule has 0 aliphatic heterocycles. The van der Waals surface area contributed by atoms with Gasteiger partial charge >= 0.3 is 0 Å². The topological polar surface area (TPSA) is 51.6 Å². The highest BCUT2D eigenvalue weighted by atomic mass is 15.0. The normalized spacial score (nSPS) is 11.2. The molecule has 4 heteroatoms. The van der Waals surface area contributed by atoms with Crippen LogP contribution >= 0.6 is 0 Å². The van der Waals surface area contributed by atoms with E-state index in [-0.39, 0.29) is 0 Å². The SMILES string of the molecule is c1ccc(-c2nc(-c3ccc(-c4ccc(-c5ccccc5)c5ccccc45)cc3)nc(-c3ccc4ncccc4c3)n2)cc1. The van der Waals surface area contributed by atoms with Gasteiger partial charge in [0.15, 0.2) is 17.5 Å². The van der Waals surface area contributed by atoms with Crippen LogP contribution in [0, 0.1) is 0 Å². The fourth-order valence-electron chi connectivity index (χ4n) is 5.78. The average molecular weight is 563 g/mol. The van der Waals surface area contributed by atoms with E-state index in [9.17, 15) is 0 Å². The Balaban J connectivity index is 1.22. The van der Waals surface area contributed by atoms with E-state index in [4.69, 9.17) is 15.0 Å². The Labute approximate surface area is 255 Å². The van der Waals surface area contributed by atoms with E-state index in [2.05, 4.69) is 108 Å². The van der Waals surface area contributed by atoms with Crippen molar-refractivity contribution < 1.29 is 0 Å². The first kappa shape index (κ1) is 25.7. The van der Waals surface area contributed by atoms with Gasteiger partial charge in [-0.15, -0.1) is 0 Å². The van der Waals surface area contributed by atoms with Gasteiger partial charge in [-0.05, 0) is 57.3 Å². The van der Waals surface area contributed by atoms with E-state index in [1.165, 1.54) is 27.5 Å². The second-order valence-electron chi connectivity index (χ2n) is 10.7. The van der Waals surface area contributed by atoms with E-state index >= 15 is 0 Å². The smallest absolute Gasteiger partial charge is 0.164 e. The van der Waals surface area contributed by atoms with Gasteiger partial charge in [-0.1, -0.05) is 127 Å². The first-order valence-corrected chi connectivity index (χ1v) is 14.6. The molecular formula is C40H26N4. The molecule has 8 rings (SSSR count). The molecule has 0 aliphatic carbocycles. The van der Waals surface area contributed by atoms with Crippen molar-refractivity contribution in [2.75, 3.05) is 0 Å². The van der Waals surface area contributed by atoms with Crippen LogP contribution in [0.5, 0.6) is 0 Å². The quantitative estimate of drug-likeness (QED) is 0.209. The second-order valence-corrected chi connectivity index (χ2v) is 10.7. The molecule has 0 radical (unpaired) electrons. The molecule has 0 N–H and O–H groups in total. The molecule has 0 unspecified atom stereocenters. The van der Waals surface area contributed by atoms with Gasteiger partial charge in [0.25, 0.3) is 0 Å². The molecule has 2 heterocycles. The molecule has 8 aromatic rings. The maximum atomic E-state index is 4.96. The minimum absolute atomic E-state index is 0.631. The summed E-state index contributed by atoms with van der Waals surface area (Å²) >= 11 is 0. The summed E-state index contributed by atoms with van der Waals surface area (Å²) in [6, 6.07) is 52.3. The molecule has 0 bridgehead atoms. The highest BCUT2D eigenvalue weighted by molar-refractivity contribution is 6.05. The fraction of sp³-hybridized carbons (Fsp3) is 0. The summed E-state index contributed by atoms with van der Waals surface area (Å²) < 4.78 is 0. The Bertz CT molecular complexity index is 2260. The maximum Gasteiger partial charge on any atom is 0.164 e. The van der Waals surface area contributed by atoms with Crippen molar-refractivity contribution >= 4 is 21.7 Å². The molecule has 0 saturated heterocycles. The predicted molar refractivity (Wildman–Crippen MR) is 180 cm³/mol. The molecule has 0 atom stereocenters. The van der Waals surface area contributed by atoms with E-state index in [1.54, 1.807) is 6.20 Å². The minimum atomic E-state index is 0.631. The van der Waals surface area contributed by atoms with Crippen LogP contribution in [0.25, 0.3) is 78.1 Å². The molecule has 206 valence electrons. The summed E-state index contributed by atoms with van der Waals surface area (Å²) in [7, 11) is 0. The molecule has 4 nitrogen and oxygen atoms in total. The lowest BCUT2D eigenvalue weighted by Gasteiger charge is -2.13. The number of hydrogen-bond acceptors (Lipinski definition) is 4. The summed E-state index contributed by atoms with van der Waals surface area (Å²) in [5, 5.41) is 3.50. The van der Waals surface area contributed by atoms with Crippen molar-refractivity contribution in [3.63, 3.8) is 0 Å². The van der Waals surface area contributed by atoms with Gasteiger partial charge in [0.2, 0.25) is 0 Å². The summed E-state index contributed by atoms with van der Waals surface area (Å²) in [5.74, 6) is 1.91. The highest BCUT2D eigenvalue weighted by Gasteiger charge is 2.14. The van der Waals surface area contributed by atoms with Gasteiger partial charge in [-0.2, -0.15) is 0 Å². The summed E-state index contributed by atoms with van der Waals surface area (Å²) in [6.07, 6.45) is 1.81. The van der Waals surface area contributed by atoms with Crippen LogP contribution in [0.1, 0.15) is 0 Å². The van der Waals surface area contributed by atoms with Gasteiger partial charge in [-0.25, -0.2) is 15.0 Å². The van der Waals surface area contributed by atoms with Crippen molar-refractivity contribution in [3.05, 3.63) is 158 Å². The van der Waals surface area contributed by atoms with Crippen LogP contribution in [0.15, 0.2) is 158 Å². The third kappa shape index (κ3) is 4.79. The number of benzene rings is 6. The lowest BCUT2D eigenvalue weighted by Crippen LogP contribution is -2.00. The zero-order valence-electron chi connectivity index (χ0n) is 23.8. The van der Waals surface area contributed by atoms with Crippen molar-refractivity contribution in [2.24, 2.45) is 0 Å². The number of aromatic nitrogens is 4. The summed E-state index contributed by atoms with van der Waals surface area (Å²) in [4.78, 5) is 19.2. The molecular weight excluding hydrogens is 536 g/mol. The second kappa shape index (κ2) is 11.0. The van der Waals surface area contributed by atoms with Gasteiger partial charge < -0.3 is 0 Å². The zero-order valence-corrected chi connectivity index (χ0v) is 23.8. The van der Waals surface area contributed by atoms with Crippen molar-refractivity contribution in [1.29, 1.82) is 0 Å². The van der Waals surface area contributed by atoms with Crippen LogP contribution in [-0.2, 0) is 0 Å². The standard InChI is InChI=1S/C40H26N4/c1-3-10-27(11-4-1)33-22-23-34(36-16-8-7-15-35(33)36)28-17-19-30(20-18-28)39-42-38(29-12-5-2-6-13-29)43-40(44-39)32-21-24-37-31(26-32)14-9-25-41-37/h1-26H. The fourth-order valence-corrected chi connectivity index (χ4v) is 5.78. The van der Waals surface area contributed by atoms with E-state index < -0.39 is 0 Å². The Morgan fingerprint density at radius 3 is 1.45 bits per heavy atom. The predicted octanol–water partition coefficient (Wildman–Crippen LogP) is 9.91. The number of hydrogen-bond donors (Lipinski definition) is 0. The molecule has 6 aromatic carbocycles. The molecule has 0 amide bonds. The summed E-state index contributed by atoms with van der Waals surface area (Å²) in [6.45, 7) is 0. The first-order chi connectivity index (χ1) is 21.8. The number of rotatable bonds is 5. The van der Waals surface area contributed by atoms with Crippen molar-refractivity contribution in [2.45, 2.75) is 0 Å². The highest BCUT2D eigenvalue weighted by Crippen LogP contribution is 2.36. The van der Waals surface area contributed by atoms with E-state index in [0.29, 0.717) is 17.5 Å². The van der Waals surface area contributed by atoms with Crippen LogP contribution < -0.4 is 0 Å². The monoisotopic (exact) mass is 562 g/mol.